The highest BCUT2D eigenvalue weighted by atomic mass is 16.5. The molecule has 0 aliphatic rings. The van der Waals surface area contributed by atoms with Crippen LogP contribution < -0.4 is 10.2 Å². The average Bonchev–Trinajstić information content (AvgIpc) is 2.74. The van der Waals surface area contributed by atoms with Gasteiger partial charge in [-0.25, -0.2) is 9.78 Å². The van der Waals surface area contributed by atoms with Crippen LogP contribution in [0.5, 0.6) is 0 Å². The number of nitrogens with zero attached hydrogens (tertiary/aromatic N) is 2. The molecule has 0 saturated carbocycles. The number of hydrogen-bond donors (Lipinski definition) is 1. The van der Waals surface area contributed by atoms with Crippen LogP contribution in [0.15, 0.2) is 72.9 Å². The maximum Gasteiger partial charge on any atom is 0.337 e. The Kier molecular flexibility index (Phi) is 5.47. The lowest BCUT2D eigenvalue weighted by Gasteiger charge is -2.18. The molecule has 1 heterocycles. The SMILES string of the molecule is COC(=O)c1ccc(NC(=O)c2ccnc(N(C)c3ccccc3)c2)cc1. The first-order chi connectivity index (χ1) is 13.1. The minimum absolute atomic E-state index is 0.258. The Hall–Kier alpha value is -3.67. The molecule has 0 radical (unpaired) electrons. The van der Waals surface area contributed by atoms with Crippen molar-refractivity contribution in [2.75, 3.05) is 24.4 Å². The lowest BCUT2D eigenvalue weighted by molar-refractivity contribution is 0.0600. The third kappa shape index (κ3) is 4.30. The Morgan fingerprint density at radius 2 is 1.67 bits per heavy atom. The maximum atomic E-state index is 12.6. The highest BCUT2D eigenvalue weighted by Crippen LogP contribution is 2.22. The zero-order valence-corrected chi connectivity index (χ0v) is 15.0. The molecule has 1 amide bonds. The molecule has 0 fully saturated rings. The number of benzene rings is 2. The molecule has 2 aromatic carbocycles. The number of rotatable bonds is 5. The number of hydrogen-bond acceptors (Lipinski definition) is 5. The normalized spacial score (nSPS) is 10.1. The number of ether oxygens (including phenoxy) is 1. The lowest BCUT2D eigenvalue weighted by atomic mass is 10.2. The van der Waals surface area contributed by atoms with Gasteiger partial charge < -0.3 is 15.0 Å². The summed E-state index contributed by atoms with van der Waals surface area (Å²) in [6, 6.07) is 19.7. The Bertz CT molecular complexity index is 940. The van der Waals surface area contributed by atoms with Crippen LogP contribution in [0.2, 0.25) is 0 Å². The van der Waals surface area contributed by atoms with E-state index in [0.717, 1.165) is 5.69 Å². The highest BCUT2D eigenvalue weighted by Gasteiger charge is 2.11. The number of carbonyl (C=O) groups excluding carboxylic acids is 2. The van der Waals surface area contributed by atoms with Crippen molar-refractivity contribution in [3.05, 3.63) is 84.1 Å². The van der Waals surface area contributed by atoms with Crippen LogP contribution in [0, 0.1) is 0 Å². The largest absolute Gasteiger partial charge is 0.465 e. The molecular weight excluding hydrogens is 342 g/mol. The Balaban J connectivity index is 1.75. The number of esters is 1. The van der Waals surface area contributed by atoms with Gasteiger partial charge in [0, 0.05) is 30.2 Å². The van der Waals surface area contributed by atoms with Gasteiger partial charge in [0.05, 0.1) is 12.7 Å². The summed E-state index contributed by atoms with van der Waals surface area (Å²) in [6.45, 7) is 0. The quantitative estimate of drug-likeness (QED) is 0.698. The van der Waals surface area contributed by atoms with Gasteiger partial charge in [-0.15, -0.1) is 0 Å². The summed E-state index contributed by atoms with van der Waals surface area (Å²) in [6.07, 6.45) is 1.60. The fraction of sp³-hybridized carbons (Fsp3) is 0.0952. The minimum Gasteiger partial charge on any atom is -0.465 e. The fourth-order valence-corrected chi connectivity index (χ4v) is 2.54. The number of methoxy groups -OCH3 is 1. The Morgan fingerprint density at radius 3 is 2.33 bits per heavy atom. The number of pyridine rings is 1. The maximum absolute atomic E-state index is 12.6. The van der Waals surface area contributed by atoms with Gasteiger partial charge in [-0.3, -0.25) is 4.79 Å². The third-order valence-electron chi connectivity index (χ3n) is 4.06. The zero-order valence-electron chi connectivity index (χ0n) is 15.0. The first-order valence-corrected chi connectivity index (χ1v) is 8.33. The summed E-state index contributed by atoms with van der Waals surface area (Å²) in [5.41, 5.74) is 2.47. The van der Waals surface area contributed by atoms with Crippen LogP contribution in [0.25, 0.3) is 0 Å². The van der Waals surface area contributed by atoms with Crippen LogP contribution in [0.1, 0.15) is 20.7 Å². The van der Waals surface area contributed by atoms with Crippen molar-refractivity contribution in [2.24, 2.45) is 0 Å². The Labute approximate surface area is 157 Å². The summed E-state index contributed by atoms with van der Waals surface area (Å²) in [5.74, 6) is -0.0172. The molecule has 136 valence electrons. The monoisotopic (exact) mass is 361 g/mol. The van der Waals surface area contributed by atoms with Crippen molar-refractivity contribution in [1.29, 1.82) is 0 Å². The van der Waals surface area contributed by atoms with Crippen molar-refractivity contribution >= 4 is 29.1 Å². The minimum atomic E-state index is -0.421. The van der Waals surface area contributed by atoms with Crippen LogP contribution in [-0.2, 0) is 4.74 Å². The van der Waals surface area contributed by atoms with Crippen molar-refractivity contribution in [1.82, 2.24) is 4.98 Å². The van der Waals surface area contributed by atoms with Crippen molar-refractivity contribution < 1.29 is 14.3 Å². The topological polar surface area (TPSA) is 71.5 Å². The van der Waals surface area contributed by atoms with E-state index in [4.69, 9.17) is 0 Å². The summed E-state index contributed by atoms with van der Waals surface area (Å²) in [7, 11) is 3.22. The molecule has 27 heavy (non-hydrogen) atoms. The number of aromatic nitrogens is 1. The molecule has 0 saturated heterocycles. The molecule has 3 rings (SSSR count). The molecule has 0 bridgehead atoms. The van der Waals surface area contributed by atoms with E-state index in [-0.39, 0.29) is 5.91 Å². The van der Waals surface area contributed by atoms with Gasteiger partial charge in [0.15, 0.2) is 0 Å². The molecule has 6 heteroatoms. The van der Waals surface area contributed by atoms with E-state index in [1.807, 2.05) is 42.3 Å². The first kappa shape index (κ1) is 18.1. The number of carbonyl (C=O) groups is 2. The first-order valence-electron chi connectivity index (χ1n) is 8.33. The lowest BCUT2D eigenvalue weighted by Crippen LogP contribution is -2.15. The second kappa shape index (κ2) is 8.14. The van der Waals surface area contributed by atoms with Gasteiger partial charge in [0.2, 0.25) is 0 Å². The third-order valence-corrected chi connectivity index (χ3v) is 4.06. The molecular formula is C21H19N3O3. The summed E-state index contributed by atoms with van der Waals surface area (Å²) >= 11 is 0. The van der Waals surface area contributed by atoms with E-state index in [2.05, 4.69) is 15.0 Å². The van der Waals surface area contributed by atoms with Crippen LogP contribution in [0.3, 0.4) is 0 Å². The summed E-state index contributed by atoms with van der Waals surface area (Å²) < 4.78 is 4.66. The predicted molar refractivity (Wildman–Crippen MR) is 104 cm³/mol. The molecule has 1 aromatic heterocycles. The van der Waals surface area contributed by atoms with E-state index in [0.29, 0.717) is 22.6 Å². The van der Waals surface area contributed by atoms with Gasteiger partial charge in [-0.1, -0.05) is 18.2 Å². The second-order valence-electron chi connectivity index (χ2n) is 5.82. The summed E-state index contributed by atoms with van der Waals surface area (Å²) in [4.78, 5) is 30.3. The fourth-order valence-electron chi connectivity index (χ4n) is 2.54. The molecule has 6 nitrogen and oxygen atoms in total. The average molecular weight is 361 g/mol. The van der Waals surface area contributed by atoms with Crippen LogP contribution in [-0.4, -0.2) is 31.0 Å². The van der Waals surface area contributed by atoms with Gasteiger partial charge in [0.1, 0.15) is 5.82 Å². The van der Waals surface area contributed by atoms with Crippen LogP contribution >= 0.6 is 0 Å². The number of nitrogens with one attached hydrogen (secondary N) is 1. The van der Waals surface area contributed by atoms with E-state index >= 15 is 0 Å². The van der Waals surface area contributed by atoms with Gasteiger partial charge in [-0.05, 0) is 48.5 Å². The molecule has 0 spiro atoms. The summed E-state index contributed by atoms with van der Waals surface area (Å²) in [5, 5.41) is 2.81. The molecule has 0 atom stereocenters. The molecule has 1 N–H and O–H groups in total. The molecule has 0 unspecified atom stereocenters. The van der Waals surface area contributed by atoms with Gasteiger partial charge >= 0.3 is 5.97 Å². The van der Waals surface area contributed by atoms with Crippen molar-refractivity contribution in [3.63, 3.8) is 0 Å². The number of anilines is 3. The molecule has 0 aliphatic heterocycles. The molecule has 0 aliphatic carbocycles. The number of amides is 1. The van der Waals surface area contributed by atoms with E-state index < -0.39 is 5.97 Å². The predicted octanol–water partition coefficient (Wildman–Crippen LogP) is 3.89. The Morgan fingerprint density at radius 1 is 0.963 bits per heavy atom. The molecule has 3 aromatic rings. The van der Waals surface area contributed by atoms with E-state index in [9.17, 15) is 9.59 Å². The standard InChI is InChI=1S/C21H19N3O3/c1-24(18-6-4-3-5-7-18)19-14-16(12-13-22-19)20(25)23-17-10-8-15(9-11-17)21(26)27-2/h3-14H,1-2H3,(H,23,25). The van der Waals surface area contributed by atoms with Crippen molar-refractivity contribution in [2.45, 2.75) is 0 Å². The van der Waals surface area contributed by atoms with Crippen LogP contribution in [0.4, 0.5) is 17.2 Å². The smallest absolute Gasteiger partial charge is 0.337 e. The van der Waals surface area contributed by atoms with Gasteiger partial charge in [0.25, 0.3) is 5.91 Å². The van der Waals surface area contributed by atoms with Crippen molar-refractivity contribution in [3.8, 4) is 0 Å². The highest BCUT2D eigenvalue weighted by molar-refractivity contribution is 6.05. The van der Waals surface area contributed by atoms with E-state index in [1.165, 1.54) is 7.11 Å². The second-order valence-corrected chi connectivity index (χ2v) is 5.82. The zero-order chi connectivity index (χ0) is 19.2. The number of para-hydroxylation sites is 1. The van der Waals surface area contributed by atoms with Gasteiger partial charge in [-0.2, -0.15) is 0 Å². The van der Waals surface area contributed by atoms with E-state index in [1.54, 1.807) is 42.6 Å².